The molecule has 29 heavy (non-hydrogen) atoms. The predicted octanol–water partition coefficient (Wildman–Crippen LogP) is 0.738. The number of hydrogen-bond acceptors (Lipinski definition) is 7. The third-order valence-electron chi connectivity index (χ3n) is 9.40. The van der Waals surface area contributed by atoms with Crippen LogP contribution < -0.4 is 0 Å². The summed E-state index contributed by atoms with van der Waals surface area (Å²) in [6.45, 7) is 9.63. The van der Waals surface area contributed by atoms with Crippen molar-refractivity contribution in [3.05, 3.63) is 12.2 Å². The largest absolute Gasteiger partial charge is 0.462 e. The second-order valence-electron chi connectivity index (χ2n) is 10.7. The van der Waals surface area contributed by atoms with Gasteiger partial charge < -0.3 is 29.9 Å². The standard InChI is InChI=1S/C22H32O7/c1-10-12-5-6-13-20-9-28-22(27,21(13,16(10)24)17(12)25)18(26)15(20)19(3,4)8-7-14(20)29-11(2)23/h12-18,24-27H,1,5-9H2,2-4H3/t12-,13-,14-,15+,16?,17+,18+,20?,21?,22+/m0/s1. The molecule has 4 aliphatic carbocycles. The van der Waals surface area contributed by atoms with E-state index in [0.717, 1.165) is 6.42 Å². The van der Waals surface area contributed by atoms with Gasteiger partial charge in [-0.1, -0.05) is 20.4 Å². The number of esters is 1. The Labute approximate surface area is 170 Å². The maximum atomic E-state index is 12.0. The van der Waals surface area contributed by atoms with Crippen molar-refractivity contribution < 1.29 is 34.7 Å². The summed E-state index contributed by atoms with van der Waals surface area (Å²) >= 11 is 0. The van der Waals surface area contributed by atoms with Gasteiger partial charge in [-0.05, 0) is 42.6 Å². The zero-order chi connectivity index (χ0) is 21.1. The average molecular weight is 408 g/mol. The average Bonchev–Trinajstić information content (AvgIpc) is 2.74. The number of hydrogen-bond donors (Lipinski definition) is 4. The number of ether oxygens (including phenoxy) is 2. The van der Waals surface area contributed by atoms with Crippen molar-refractivity contribution >= 4 is 5.97 Å². The quantitative estimate of drug-likeness (QED) is 0.373. The molecule has 4 bridgehead atoms. The highest BCUT2D eigenvalue weighted by Crippen LogP contribution is 2.77. The minimum absolute atomic E-state index is 0.121. The number of rotatable bonds is 1. The van der Waals surface area contributed by atoms with E-state index in [-0.39, 0.29) is 23.9 Å². The number of aliphatic hydroxyl groups is 4. The molecule has 0 amide bonds. The van der Waals surface area contributed by atoms with E-state index in [1.165, 1.54) is 6.92 Å². The summed E-state index contributed by atoms with van der Waals surface area (Å²) in [5.41, 5.74) is -2.12. The molecule has 4 N–H and O–H groups in total. The lowest BCUT2D eigenvalue weighted by Crippen LogP contribution is -2.86. The first kappa shape index (κ1) is 19.9. The fourth-order valence-corrected chi connectivity index (χ4v) is 8.50. The van der Waals surface area contributed by atoms with Crippen molar-refractivity contribution in [3.8, 4) is 0 Å². The van der Waals surface area contributed by atoms with E-state index in [4.69, 9.17) is 9.47 Å². The number of carbonyl (C=O) groups is 1. The van der Waals surface area contributed by atoms with Crippen molar-refractivity contribution in [1.82, 2.24) is 0 Å². The van der Waals surface area contributed by atoms with Gasteiger partial charge in [-0.25, -0.2) is 0 Å². The van der Waals surface area contributed by atoms with E-state index < -0.39 is 52.9 Å². The molecule has 0 radical (unpaired) electrons. The van der Waals surface area contributed by atoms with Crippen LogP contribution in [-0.2, 0) is 14.3 Å². The third kappa shape index (κ3) is 1.91. The van der Waals surface area contributed by atoms with Crippen LogP contribution in [0, 0.1) is 34.0 Å². The molecular formula is C22H32O7. The zero-order valence-corrected chi connectivity index (χ0v) is 17.3. The highest BCUT2D eigenvalue weighted by molar-refractivity contribution is 5.66. The smallest absolute Gasteiger partial charge is 0.302 e. The van der Waals surface area contributed by atoms with Gasteiger partial charge in [0.05, 0.1) is 24.2 Å². The van der Waals surface area contributed by atoms with Crippen molar-refractivity contribution in [1.29, 1.82) is 0 Å². The molecule has 2 saturated heterocycles. The highest BCUT2D eigenvalue weighted by Gasteiger charge is 2.86. The summed E-state index contributed by atoms with van der Waals surface area (Å²) in [6, 6.07) is 0. The Balaban J connectivity index is 1.77. The predicted molar refractivity (Wildman–Crippen MR) is 101 cm³/mol. The van der Waals surface area contributed by atoms with E-state index in [0.29, 0.717) is 24.8 Å². The topological polar surface area (TPSA) is 116 Å². The maximum Gasteiger partial charge on any atom is 0.302 e. The summed E-state index contributed by atoms with van der Waals surface area (Å²) in [5.74, 6) is -3.60. The van der Waals surface area contributed by atoms with Gasteiger partial charge in [0.25, 0.3) is 0 Å². The van der Waals surface area contributed by atoms with Crippen LogP contribution in [-0.4, -0.2) is 63.2 Å². The molecule has 10 atom stereocenters. The van der Waals surface area contributed by atoms with Crippen molar-refractivity contribution in [2.24, 2.45) is 34.0 Å². The van der Waals surface area contributed by atoms with Gasteiger partial charge in [0.2, 0.25) is 5.79 Å². The molecule has 0 aromatic heterocycles. The molecule has 0 aromatic carbocycles. The summed E-state index contributed by atoms with van der Waals surface area (Å²) in [4.78, 5) is 12.0. The Morgan fingerprint density at radius 1 is 1.17 bits per heavy atom. The molecule has 6 rings (SSSR count). The molecule has 2 heterocycles. The van der Waals surface area contributed by atoms with Crippen molar-refractivity contribution in [2.75, 3.05) is 6.61 Å². The van der Waals surface area contributed by atoms with Crippen LogP contribution in [0.25, 0.3) is 0 Å². The fourth-order valence-electron chi connectivity index (χ4n) is 8.50. The molecule has 7 nitrogen and oxygen atoms in total. The Morgan fingerprint density at radius 3 is 2.52 bits per heavy atom. The van der Waals surface area contributed by atoms with Crippen LogP contribution in [0.5, 0.6) is 0 Å². The van der Waals surface area contributed by atoms with Crippen LogP contribution >= 0.6 is 0 Å². The molecule has 2 spiro atoms. The molecular weight excluding hydrogens is 376 g/mol. The van der Waals surface area contributed by atoms with Gasteiger partial charge in [-0.2, -0.15) is 0 Å². The number of aliphatic hydroxyl groups excluding tert-OH is 3. The number of carbonyl (C=O) groups excluding carboxylic acids is 1. The van der Waals surface area contributed by atoms with Gasteiger partial charge in [-0.3, -0.25) is 4.79 Å². The molecule has 162 valence electrons. The van der Waals surface area contributed by atoms with Crippen LogP contribution in [0.3, 0.4) is 0 Å². The summed E-state index contributed by atoms with van der Waals surface area (Å²) in [6.07, 6.45) is -1.50. The Bertz CT molecular complexity index is 779. The van der Waals surface area contributed by atoms with Crippen LogP contribution in [0.2, 0.25) is 0 Å². The second kappa shape index (κ2) is 5.62. The molecule has 7 heteroatoms. The minimum atomic E-state index is -2.09. The highest BCUT2D eigenvalue weighted by atomic mass is 16.6. The van der Waals surface area contributed by atoms with E-state index in [9.17, 15) is 25.2 Å². The third-order valence-corrected chi connectivity index (χ3v) is 9.40. The lowest BCUT2D eigenvalue weighted by atomic mass is 9.35. The lowest BCUT2D eigenvalue weighted by Gasteiger charge is -2.75. The molecule has 4 saturated carbocycles. The first-order chi connectivity index (χ1) is 13.5. The van der Waals surface area contributed by atoms with E-state index in [1.54, 1.807) is 0 Å². The first-order valence-electron chi connectivity index (χ1n) is 10.7. The summed E-state index contributed by atoms with van der Waals surface area (Å²) in [5, 5.41) is 46.0. The van der Waals surface area contributed by atoms with Crippen LogP contribution in [0.4, 0.5) is 0 Å². The van der Waals surface area contributed by atoms with E-state index in [2.05, 4.69) is 20.4 Å². The normalized spacial score (nSPS) is 57.2. The van der Waals surface area contributed by atoms with Gasteiger partial charge in [-0.15, -0.1) is 0 Å². The van der Waals surface area contributed by atoms with E-state index in [1.807, 2.05) is 0 Å². The zero-order valence-electron chi connectivity index (χ0n) is 17.3. The molecule has 0 aromatic rings. The van der Waals surface area contributed by atoms with E-state index >= 15 is 0 Å². The van der Waals surface area contributed by atoms with Crippen LogP contribution in [0.1, 0.15) is 46.5 Å². The maximum absolute atomic E-state index is 12.0. The Kier molecular flexibility index (Phi) is 3.87. The van der Waals surface area contributed by atoms with Crippen molar-refractivity contribution in [3.63, 3.8) is 0 Å². The summed E-state index contributed by atoms with van der Waals surface area (Å²) in [7, 11) is 0. The molecule has 2 aliphatic heterocycles. The minimum Gasteiger partial charge on any atom is -0.462 e. The van der Waals surface area contributed by atoms with Gasteiger partial charge >= 0.3 is 5.97 Å². The van der Waals surface area contributed by atoms with Gasteiger partial charge in [0, 0.05) is 24.2 Å². The SMILES string of the molecule is C=C1C(O)C23[C@H](O)[C@H]1CC[C@H]2C12CO[C@]3(O)[C@H](O)[C@@H]1C(C)(C)CC[C@@H]2OC(C)=O. The molecule has 6 fully saturated rings. The van der Waals surface area contributed by atoms with Crippen LogP contribution in [0.15, 0.2) is 12.2 Å². The Morgan fingerprint density at radius 2 is 1.86 bits per heavy atom. The molecule has 3 unspecified atom stereocenters. The second-order valence-corrected chi connectivity index (χ2v) is 10.7. The molecule has 6 aliphatic rings. The lowest BCUT2D eigenvalue weighted by molar-refractivity contribution is -0.476. The van der Waals surface area contributed by atoms with Gasteiger partial charge in [0.1, 0.15) is 12.2 Å². The monoisotopic (exact) mass is 408 g/mol. The summed E-state index contributed by atoms with van der Waals surface area (Å²) < 4.78 is 11.8. The van der Waals surface area contributed by atoms with Gasteiger partial charge in [0.15, 0.2) is 0 Å². The van der Waals surface area contributed by atoms with Crippen molar-refractivity contribution in [2.45, 2.75) is 76.7 Å². The Hall–Kier alpha value is -0.990. The first-order valence-corrected chi connectivity index (χ1v) is 10.7. The fraction of sp³-hybridized carbons (Fsp3) is 0.864. The number of fused-ring (bicyclic) bond motifs is 2.